The van der Waals surface area contributed by atoms with E-state index in [1.807, 2.05) is 65.0 Å². The molecule has 0 unspecified atom stereocenters. The highest BCUT2D eigenvalue weighted by Crippen LogP contribution is 2.28. The molecule has 0 spiro atoms. The number of hydrogen-bond acceptors (Lipinski definition) is 4. The lowest BCUT2D eigenvalue weighted by atomic mass is 10.1. The average Bonchev–Trinajstić information content (AvgIpc) is 2.59. The van der Waals surface area contributed by atoms with Gasteiger partial charge in [-0.2, -0.15) is 0 Å². The first-order valence-electron chi connectivity index (χ1n) is 9.51. The quantitative estimate of drug-likeness (QED) is 0.668. The van der Waals surface area contributed by atoms with E-state index in [0.717, 1.165) is 44.1 Å². The van der Waals surface area contributed by atoms with Gasteiger partial charge in [0.2, 0.25) is 15.9 Å². The smallest absolute Gasteiger partial charge is 0.240 e. The van der Waals surface area contributed by atoms with Crippen molar-refractivity contribution in [2.75, 3.05) is 30.3 Å². The van der Waals surface area contributed by atoms with Crippen LogP contribution in [0.3, 0.4) is 0 Å². The maximum absolute atomic E-state index is 12.4. The summed E-state index contributed by atoms with van der Waals surface area (Å²) < 4.78 is 31.6. The van der Waals surface area contributed by atoms with Crippen LogP contribution in [-0.4, -0.2) is 40.3 Å². The van der Waals surface area contributed by atoms with Crippen LogP contribution in [0.2, 0.25) is 0 Å². The fourth-order valence-electron chi connectivity index (χ4n) is 3.33. The third kappa shape index (κ3) is 6.22. The van der Waals surface area contributed by atoms with Gasteiger partial charge in [0.05, 0.1) is 18.5 Å². The fourth-order valence-corrected chi connectivity index (χ4v) is 4.30. The van der Waals surface area contributed by atoms with Crippen LogP contribution in [0.5, 0.6) is 5.75 Å². The summed E-state index contributed by atoms with van der Waals surface area (Å²) >= 11 is 0. The number of nitrogens with zero attached hydrogens (tertiary/aromatic N) is 1. The summed E-state index contributed by atoms with van der Waals surface area (Å²) in [6, 6.07) is 9.77. The first kappa shape index (κ1) is 22.7. The summed E-state index contributed by atoms with van der Waals surface area (Å²) in [5.74, 6) is 0.405. The van der Waals surface area contributed by atoms with Gasteiger partial charge >= 0.3 is 0 Å². The Morgan fingerprint density at radius 1 is 0.966 bits per heavy atom. The minimum atomic E-state index is -3.61. The zero-order valence-electron chi connectivity index (χ0n) is 18.0. The molecule has 0 saturated heterocycles. The number of benzene rings is 2. The summed E-state index contributed by atoms with van der Waals surface area (Å²) in [5.41, 5.74) is 5.36. The molecule has 0 fully saturated rings. The predicted octanol–water partition coefficient (Wildman–Crippen LogP) is 3.19. The summed E-state index contributed by atoms with van der Waals surface area (Å²) in [7, 11) is -3.61. The molecule has 0 atom stereocenters. The topological polar surface area (TPSA) is 75.7 Å². The van der Waals surface area contributed by atoms with Crippen LogP contribution in [0, 0.1) is 34.6 Å². The number of nitrogens with one attached hydrogen (secondary N) is 1. The molecule has 0 aliphatic heterocycles. The molecule has 0 saturated carbocycles. The predicted molar refractivity (Wildman–Crippen MR) is 117 cm³/mol. The van der Waals surface area contributed by atoms with Crippen molar-refractivity contribution < 1.29 is 17.9 Å². The number of sulfonamides is 1. The summed E-state index contributed by atoms with van der Waals surface area (Å²) in [4.78, 5) is 12.4. The molecule has 2 rings (SSSR count). The highest BCUT2D eigenvalue weighted by Gasteiger charge is 2.24. The van der Waals surface area contributed by atoms with E-state index in [1.54, 1.807) is 0 Å². The molecule has 2 aromatic carbocycles. The van der Waals surface area contributed by atoms with E-state index >= 15 is 0 Å². The van der Waals surface area contributed by atoms with Gasteiger partial charge in [-0.3, -0.25) is 9.10 Å². The van der Waals surface area contributed by atoms with Crippen molar-refractivity contribution in [3.63, 3.8) is 0 Å². The van der Waals surface area contributed by atoms with Gasteiger partial charge in [0.15, 0.2) is 0 Å². The Bertz CT molecular complexity index is 977. The minimum Gasteiger partial charge on any atom is -0.491 e. The maximum Gasteiger partial charge on any atom is 0.240 e. The number of anilines is 1. The second-order valence-electron chi connectivity index (χ2n) is 7.48. The molecule has 2 aromatic rings. The van der Waals surface area contributed by atoms with Gasteiger partial charge in [0.1, 0.15) is 18.9 Å². The first-order chi connectivity index (χ1) is 13.5. The van der Waals surface area contributed by atoms with E-state index in [1.165, 1.54) is 0 Å². The van der Waals surface area contributed by atoms with Crippen LogP contribution in [0.25, 0.3) is 0 Å². The van der Waals surface area contributed by atoms with Crippen LogP contribution in [0.4, 0.5) is 5.69 Å². The van der Waals surface area contributed by atoms with Crippen LogP contribution < -0.4 is 14.4 Å². The number of aryl methyl sites for hydroxylation is 5. The Balaban J connectivity index is 2.02. The van der Waals surface area contributed by atoms with E-state index in [0.29, 0.717) is 12.3 Å². The third-order valence-corrected chi connectivity index (χ3v) is 5.71. The van der Waals surface area contributed by atoms with Crippen molar-refractivity contribution in [3.05, 3.63) is 58.1 Å². The second-order valence-corrected chi connectivity index (χ2v) is 9.39. The highest BCUT2D eigenvalue weighted by atomic mass is 32.2. The first-order valence-corrected chi connectivity index (χ1v) is 11.4. The van der Waals surface area contributed by atoms with E-state index < -0.39 is 10.0 Å². The minimum absolute atomic E-state index is 0.271. The molecular weight excluding hydrogens is 388 g/mol. The summed E-state index contributed by atoms with van der Waals surface area (Å²) in [6.07, 6.45) is 1.11. The molecule has 1 N–H and O–H groups in total. The van der Waals surface area contributed by atoms with Gasteiger partial charge in [-0.15, -0.1) is 0 Å². The highest BCUT2D eigenvalue weighted by molar-refractivity contribution is 7.92. The molecule has 7 heteroatoms. The van der Waals surface area contributed by atoms with Gasteiger partial charge in [0, 0.05) is 0 Å². The number of rotatable bonds is 8. The number of hydrogen-bond donors (Lipinski definition) is 1. The van der Waals surface area contributed by atoms with Crippen LogP contribution in [0.1, 0.15) is 27.8 Å². The molecular formula is C22H30N2O4S. The van der Waals surface area contributed by atoms with Crippen molar-refractivity contribution in [1.29, 1.82) is 0 Å². The number of carbonyl (C=O) groups is 1. The van der Waals surface area contributed by atoms with Crippen molar-refractivity contribution in [3.8, 4) is 5.75 Å². The molecule has 158 valence electrons. The van der Waals surface area contributed by atoms with Gasteiger partial charge < -0.3 is 10.1 Å². The van der Waals surface area contributed by atoms with E-state index in [-0.39, 0.29) is 19.0 Å². The summed E-state index contributed by atoms with van der Waals surface area (Å²) in [5, 5.41) is 2.74. The zero-order chi connectivity index (χ0) is 21.8. The van der Waals surface area contributed by atoms with E-state index in [2.05, 4.69) is 5.32 Å². The zero-order valence-corrected chi connectivity index (χ0v) is 18.8. The summed E-state index contributed by atoms with van der Waals surface area (Å²) in [6.45, 7) is 9.93. The maximum atomic E-state index is 12.4. The SMILES string of the molecule is Cc1cc(C)c(N(CC(=O)NCCOc2cc(C)ccc2C)S(C)(=O)=O)c(C)c1. The fraction of sp³-hybridized carbons (Fsp3) is 0.409. The Labute approximate surface area is 173 Å². The lowest BCUT2D eigenvalue weighted by Gasteiger charge is -2.26. The molecule has 0 heterocycles. The number of carbonyl (C=O) groups excluding carboxylic acids is 1. The number of amides is 1. The van der Waals surface area contributed by atoms with Crippen LogP contribution >= 0.6 is 0 Å². The number of ether oxygens (including phenoxy) is 1. The molecule has 29 heavy (non-hydrogen) atoms. The average molecular weight is 419 g/mol. The lowest BCUT2D eigenvalue weighted by Crippen LogP contribution is -2.42. The Morgan fingerprint density at radius 3 is 2.17 bits per heavy atom. The Kier molecular flexibility index (Phi) is 7.30. The Morgan fingerprint density at radius 2 is 1.59 bits per heavy atom. The standard InChI is InChI=1S/C22H30N2O4S/c1-15-7-8-17(3)20(13-15)28-10-9-23-21(25)14-24(29(6,26)27)22-18(4)11-16(2)12-19(22)5/h7-8,11-13H,9-10,14H2,1-6H3,(H,23,25). The second kappa shape index (κ2) is 9.31. The van der Waals surface area contributed by atoms with Crippen LogP contribution in [0.15, 0.2) is 30.3 Å². The molecule has 0 bridgehead atoms. The van der Waals surface area contributed by atoms with Crippen molar-refractivity contribution in [1.82, 2.24) is 5.32 Å². The lowest BCUT2D eigenvalue weighted by molar-refractivity contribution is -0.119. The van der Waals surface area contributed by atoms with Gasteiger partial charge in [-0.1, -0.05) is 29.8 Å². The van der Waals surface area contributed by atoms with Crippen LogP contribution in [-0.2, 0) is 14.8 Å². The normalized spacial score (nSPS) is 11.2. The van der Waals surface area contributed by atoms with Crippen molar-refractivity contribution >= 4 is 21.6 Å². The van der Waals surface area contributed by atoms with E-state index in [4.69, 9.17) is 4.74 Å². The molecule has 6 nitrogen and oxygen atoms in total. The monoisotopic (exact) mass is 418 g/mol. The molecule has 1 amide bonds. The van der Waals surface area contributed by atoms with Gasteiger partial charge in [-0.05, 0) is 62.9 Å². The van der Waals surface area contributed by atoms with Gasteiger partial charge in [-0.25, -0.2) is 8.42 Å². The third-order valence-electron chi connectivity index (χ3n) is 4.60. The van der Waals surface area contributed by atoms with Gasteiger partial charge in [0.25, 0.3) is 0 Å². The molecule has 0 aromatic heterocycles. The molecule has 0 aliphatic carbocycles. The Hall–Kier alpha value is -2.54. The van der Waals surface area contributed by atoms with E-state index in [9.17, 15) is 13.2 Å². The largest absolute Gasteiger partial charge is 0.491 e. The van der Waals surface area contributed by atoms with Crippen molar-refractivity contribution in [2.24, 2.45) is 0 Å². The van der Waals surface area contributed by atoms with Crippen molar-refractivity contribution in [2.45, 2.75) is 34.6 Å². The molecule has 0 aliphatic rings. The molecule has 0 radical (unpaired) electrons.